The van der Waals surface area contributed by atoms with E-state index in [0.717, 1.165) is 32.6 Å². The minimum Gasteiger partial charge on any atom is -0.370 e. The van der Waals surface area contributed by atoms with Crippen LogP contribution >= 0.6 is 24.8 Å². The van der Waals surface area contributed by atoms with Crippen molar-refractivity contribution in [2.75, 3.05) is 37.6 Å². The van der Waals surface area contributed by atoms with E-state index in [1.807, 2.05) is 17.9 Å². The van der Waals surface area contributed by atoms with Gasteiger partial charge in [-0.1, -0.05) is 25.1 Å². The summed E-state index contributed by atoms with van der Waals surface area (Å²) >= 11 is 0. The number of nitrogens with zero attached hydrogens (tertiary/aromatic N) is 2. The summed E-state index contributed by atoms with van der Waals surface area (Å²) in [6, 6.07) is 10.4. The SMILES string of the molecule is CC(CN)C(=O)N1CCCN(c2ccccc2)CC1.Cl.Cl. The lowest BCUT2D eigenvalue weighted by Gasteiger charge is -2.25. The number of rotatable bonds is 3. The first-order valence-corrected chi connectivity index (χ1v) is 7.01. The van der Waals surface area contributed by atoms with Crippen LogP contribution in [0.5, 0.6) is 0 Å². The van der Waals surface area contributed by atoms with E-state index in [0.29, 0.717) is 6.54 Å². The predicted molar refractivity (Wildman–Crippen MR) is 92.6 cm³/mol. The van der Waals surface area contributed by atoms with Crippen molar-refractivity contribution < 1.29 is 4.79 Å². The van der Waals surface area contributed by atoms with Crippen LogP contribution in [0.15, 0.2) is 30.3 Å². The molecule has 120 valence electrons. The maximum atomic E-state index is 12.2. The van der Waals surface area contributed by atoms with Crippen molar-refractivity contribution in [1.29, 1.82) is 0 Å². The van der Waals surface area contributed by atoms with Gasteiger partial charge in [0.2, 0.25) is 5.91 Å². The van der Waals surface area contributed by atoms with E-state index in [1.165, 1.54) is 5.69 Å². The number of carbonyl (C=O) groups excluding carboxylic acids is 1. The number of anilines is 1. The number of hydrogen-bond donors (Lipinski definition) is 1. The Kier molecular flexibility index (Phi) is 9.42. The highest BCUT2D eigenvalue weighted by atomic mass is 35.5. The quantitative estimate of drug-likeness (QED) is 0.922. The van der Waals surface area contributed by atoms with Gasteiger partial charge in [0, 0.05) is 44.3 Å². The van der Waals surface area contributed by atoms with Gasteiger partial charge in [0.1, 0.15) is 0 Å². The Bertz CT molecular complexity index is 417. The zero-order valence-corrected chi connectivity index (χ0v) is 14.0. The average molecular weight is 334 g/mol. The van der Waals surface area contributed by atoms with Crippen LogP contribution in [0.3, 0.4) is 0 Å². The third kappa shape index (κ3) is 5.38. The Hall–Kier alpha value is -0.970. The van der Waals surface area contributed by atoms with E-state index >= 15 is 0 Å². The van der Waals surface area contributed by atoms with E-state index in [4.69, 9.17) is 5.73 Å². The van der Waals surface area contributed by atoms with Gasteiger partial charge in [-0.05, 0) is 18.6 Å². The van der Waals surface area contributed by atoms with Crippen molar-refractivity contribution in [3.05, 3.63) is 30.3 Å². The molecular formula is C15H25Cl2N3O. The molecule has 1 atom stereocenters. The Morgan fingerprint density at radius 3 is 2.43 bits per heavy atom. The number of amides is 1. The number of halogens is 2. The van der Waals surface area contributed by atoms with Gasteiger partial charge >= 0.3 is 0 Å². The second kappa shape index (κ2) is 9.87. The first-order valence-electron chi connectivity index (χ1n) is 7.01. The summed E-state index contributed by atoms with van der Waals surface area (Å²) in [5.74, 6) is 0.126. The second-order valence-electron chi connectivity index (χ2n) is 5.14. The van der Waals surface area contributed by atoms with Gasteiger partial charge in [0.25, 0.3) is 0 Å². The van der Waals surface area contributed by atoms with Gasteiger partial charge in [0.05, 0.1) is 0 Å². The van der Waals surface area contributed by atoms with Gasteiger partial charge < -0.3 is 15.5 Å². The predicted octanol–water partition coefficient (Wildman–Crippen LogP) is 2.16. The molecule has 0 saturated carbocycles. The van der Waals surface area contributed by atoms with Crippen LogP contribution in [0.1, 0.15) is 13.3 Å². The van der Waals surface area contributed by atoms with Crippen LogP contribution in [0.4, 0.5) is 5.69 Å². The number of benzene rings is 1. The molecule has 1 saturated heterocycles. The monoisotopic (exact) mass is 333 g/mol. The van der Waals surface area contributed by atoms with Crippen molar-refractivity contribution in [2.45, 2.75) is 13.3 Å². The fraction of sp³-hybridized carbons (Fsp3) is 0.533. The topological polar surface area (TPSA) is 49.6 Å². The fourth-order valence-corrected chi connectivity index (χ4v) is 2.45. The second-order valence-corrected chi connectivity index (χ2v) is 5.14. The minimum atomic E-state index is -0.0664. The third-order valence-electron chi connectivity index (χ3n) is 3.70. The largest absolute Gasteiger partial charge is 0.370 e. The molecule has 0 aromatic heterocycles. The maximum absolute atomic E-state index is 12.2. The van der Waals surface area contributed by atoms with Crippen molar-refractivity contribution in [3.63, 3.8) is 0 Å². The number of hydrogen-bond acceptors (Lipinski definition) is 3. The van der Waals surface area contributed by atoms with Crippen LogP contribution in [0, 0.1) is 5.92 Å². The van der Waals surface area contributed by atoms with Gasteiger partial charge in [-0.15, -0.1) is 24.8 Å². The van der Waals surface area contributed by atoms with Crippen molar-refractivity contribution >= 4 is 36.4 Å². The number of nitrogens with two attached hydrogens (primary N) is 1. The number of carbonyl (C=O) groups is 1. The minimum absolute atomic E-state index is 0. The lowest BCUT2D eigenvalue weighted by Crippen LogP contribution is -2.40. The normalized spacial score (nSPS) is 16.3. The molecular weight excluding hydrogens is 309 g/mol. The summed E-state index contributed by atoms with van der Waals surface area (Å²) in [5, 5.41) is 0. The summed E-state index contributed by atoms with van der Waals surface area (Å²) in [5.41, 5.74) is 6.82. The zero-order chi connectivity index (χ0) is 13.7. The fourth-order valence-electron chi connectivity index (χ4n) is 2.45. The smallest absolute Gasteiger partial charge is 0.226 e. The highest BCUT2D eigenvalue weighted by Gasteiger charge is 2.22. The van der Waals surface area contributed by atoms with Gasteiger partial charge in [-0.3, -0.25) is 4.79 Å². The van der Waals surface area contributed by atoms with Crippen LogP contribution in [-0.4, -0.2) is 43.5 Å². The third-order valence-corrected chi connectivity index (χ3v) is 3.70. The molecule has 1 aromatic carbocycles. The standard InChI is InChI=1S/C15H23N3O.2ClH/c1-13(12-16)15(19)18-9-5-8-17(10-11-18)14-6-3-2-4-7-14;;/h2-4,6-7,13H,5,8-12,16H2,1H3;2*1H. The summed E-state index contributed by atoms with van der Waals surface area (Å²) in [7, 11) is 0. The van der Waals surface area contributed by atoms with E-state index in [-0.39, 0.29) is 36.6 Å². The average Bonchev–Trinajstić information content (AvgIpc) is 2.72. The molecule has 1 fully saturated rings. The van der Waals surface area contributed by atoms with Crippen LogP contribution in [0.2, 0.25) is 0 Å². The summed E-state index contributed by atoms with van der Waals surface area (Å²) in [6.07, 6.45) is 1.01. The molecule has 1 unspecified atom stereocenters. The van der Waals surface area contributed by atoms with Crippen LogP contribution < -0.4 is 10.6 Å². The highest BCUT2D eigenvalue weighted by molar-refractivity contribution is 5.85. The molecule has 2 rings (SSSR count). The highest BCUT2D eigenvalue weighted by Crippen LogP contribution is 2.16. The Morgan fingerprint density at radius 2 is 1.81 bits per heavy atom. The summed E-state index contributed by atoms with van der Waals surface area (Å²) in [6.45, 7) is 5.86. The lowest BCUT2D eigenvalue weighted by atomic mass is 10.1. The van der Waals surface area contributed by atoms with Crippen molar-refractivity contribution in [1.82, 2.24) is 4.90 Å². The Balaban J connectivity index is 0.00000200. The molecule has 1 heterocycles. The summed E-state index contributed by atoms with van der Waals surface area (Å²) in [4.78, 5) is 16.5. The van der Waals surface area contributed by atoms with E-state index in [9.17, 15) is 4.79 Å². The van der Waals surface area contributed by atoms with Crippen molar-refractivity contribution in [3.8, 4) is 0 Å². The number of para-hydroxylation sites is 1. The first-order chi connectivity index (χ1) is 9.22. The van der Waals surface area contributed by atoms with Gasteiger partial charge in [-0.2, -0.15) is 0 Å². The van der Waals surface area contributed by atoms with Gasteiger partial charge in [-0.25, -0.2) is 0 Å². The van der Waals surface area contributed by atoms with E-state index in [1.54, 1.807) is 0 Å². The molecule has 0 aliphatic carbocycles. The van der Waals surface area contributed by atoms with Crippen molar-refractivity contribution in [2.24, 2.45) is 11.7 Å². The van der Waals surface area contributed by atoms with Crippen LogP contribution in [-0.2, 0) is 4.79 Å². The van der Waals surface area contributed by atoms with Crippen LogP contribution in [0.25, 0.3) is 0 Å². The summed E-state index contributed by atoms with van der Waals surface area (Å²) < 4.78 is 0. The molecule has 0 bridgehead atoms. The molecule has 2 N–H and O–H groups in total. The molecule has 0 spiro atoms. The Morgan fingerprint density at radius 1 is 1.14 bits per heavy atom. The molecule has 21 heavy (non-hydrogen) atoms. The van der Waals surface area contributed by atoms with E-state index in [2.05, 4.69) is 29.2 Å². The molecule has 1 aliphatic heterocycles. The first kappa shape index (κ1) is 20.0. The molecule has 1 aliphatic rings. The molecule has 0 radical (unpaired) electrons. The van der Waals surface area contributed by atoms with E-state index < -0.39 is 0 Å². The molecule has 1 aromatic rings. The lowest BCUT2D eigenvalue weighted by molar-refractivity contribution is -0.134. The van der Waals surface area contributed by atoms with Gasteiger partial charge in [0.15, 0.2) is 0 Å². The Labute approximate surface area is 139 Å². The maximum Gasteiger partial charge on any atom is 0.226 e. The zero-order valence-electron chi connectivity index (χ0n) is 12.4. The molecule has 4 nitrogen and oxygen atoms in total. The molecule has 6 heteroatoms. The molecule has 1 amide bonds.